The summed E-state index contributed by atoms with van der Waals surface area (Å²) in [7, 11) is 0. The Morgan fingerprint density at radius 3 is 2.76 bits per heavy atom. The summed E-state index contributed by atoms with van der Waals surface area (Å²) < 4.78 is 1.09. The fraction of sp³-hybridized carbons (Fsp3) is 0.200. The molecule has 0 aliphatic heterocycles. The highest BCUT2D eigenvalue weighted by molar-refractivity contribution is 5.80. The van der Waals surface area contributed by atoms with Gasteiger partial charge in [-0.05, 0) is 12.5 Å². The highest BCUT2D eigenvalue weighted by atomic mass is 16.6. The SMILES string of the molecule is CC(=CC(=O)O)Cn1cc([N+](=O)[O-])ccc1=O. The molecule has 1 aromatic heterocycles. The fourth-order valence-corrected chi connectivity index (χ4v) is 1.28. The molecule has 0 unspecified atom stereocenters. The van der Waals surface area contributed by atoms with Gasteiger partial charge >= 0.3 is 5.97 Å². The Kier molecular flexibility index (Phi) is 3.76. The molecule has 0 aromatic carbocycles. The zero-order valence-electron chi connectivity index (χ0n) is 8.99. The monoisotopic (exact) mass is 238 g/mol. The van der Waals surface area contributed by atoms with Gasteiger partial charge in [-0.1, -0.05) is 0 Å². The van der Waals surface area contributed by atoms with Crippen molar-refractivity contribution in [1.29, 1.82) is 0 Å². The molecular formula is C10H10N2O5. The second kappa shape index (κ2) is 5.06. The van der Waals surface area contributed by atoms with Gasteiger partial charge in [-0.3, -0.25) is 14.9 Å². The molecule has 0 aliphatic rings. The van der Waals surface area contributed by atoms with Gasteiger partial charge in [-0.15, -0.1) is 0 Å². The molecule has 1 heterocycles. The van der Waals surface area contributed by atoms with Crippen LogP contribution in [0.15, 0.2) is 34.8 Å². The number of aliphatic carboxylic acids is 1. The van der Waals surface area contributed by atoms with Crippen molar-refractivity contribution < 1.29 is 14.8 Å². The Balaban J connectivity index is 3.06. The van der Waals surface area contributed by atoms with Crippen LogP contribution in [-0.4, -0.2) is 20.6 Å². The van der Waals surface area contributed by atoms with Gasteiger partial charge in [0.2, 0.25) is 0 Å². The Bertz CT molecular complexity index is 544. The number of carboxylic acids is 1. The first-order valence-corrected chi connectivity index (χ1v) is 4.65. The second-order valence-electron chi connectivity index (χ2n) is 3.44. The average Bonchev–Trinajstić information content (AvgIpc) is 2.19. The van der Waals surface area contributed by atoms with E-state index in [1.54, 1.807) is 0 Å². The predicted molar refractivity (Wildman–Crippen MR) is 58.7 cm³/mol. The summed E-state index contributed by atoms with van der Waals surface area (Å²) in [5.41, 5.74) is -0.221. The topological polar surface area (TPSA) is 102 Å². The molecule has 0 saturated carbocycles. The van der Waals surface area contributed by atoms with E-state index in [-0.39, 0.29) is 12.2 Å². The lowest BCUT2D eigenvalue weighted by Crippen LogP contribution is -2.19. The number of rotatable bonds is 4. The Morgan fingerprint density at radius 1 is 1.59 bits per heavy atom. The van der Waals surface area contributed by atoms with Crippen molar-refractivity contribution in [2.24, 2.45) is 0 Å². The maximum atomic E-state index is 11.4. The van der Waals surface area contributed by atoms with Gasteiger partial charge < -0.3 is 9.67 Å². The average molecular weight is 238 g/mol. The highest BCUT2D eigenvalue weighted by Crippen LogP contribution is 2.07. The van der Waals surface area contributed by atoms with Crippen molar-refractivity contribution >= 4 is 11.7 Å². The van der Waals surface area contributed by atoms with E-state index in [4.69, 9.17) is 5.11 Å². The van der Waals surface area contributed by atoms with Gasteiger partial charge in [0.15, 0.2) is 0 Å². The molecule has 0 aliphatic carbocycles. The molecule has 1 N–H and O–H groups in total. The van der Waals surface area contributed by atoms with Crippen molar-refractivity contribution in [2.75, 3.05) is 0 Å². The van der Waals surface area contributed by atoms with E-state index in [2.05, 4.69) is 0 Å². The van der Waals surface area contributed by atoms with Crippen LogP contribution in [-0.2, 0) is 11.3 Å². The summed E-state index contributed by atoms with van der Waals surface area (Å²) in [5, 5.41) is 19.0. The number of hydrogen-bond donors (Lipinski definition) is 1. The molecule has 0 fully saturated rings. The molecule has 0 radical (unpaired) electrons. The molecule has 1 rings (SSSR count). The normalized spacial score (nSPS) is 11.2. The van der Waals surface area contributed by atoms with E-state index in [0.717, 1.165) is 29.0 Å². The van der Waals surface area contributed by atoms with Gasteiger partial charge in [0.1, 0.15) is 0 Å². The zero-order valence-corrected chi connectivity index (χ0v) is 8.99. The summed E-state index contributed by atoms with van der Waals surface area (Å²) in [4.78, 5) is 31.7. The van der Waals surface area contributed by atoms with Crippen LogP contribution in [0.25, 0.3) is 0 Å². The first-order chi connectivity index (χ1) is 7.90. The third kappa shape index (κ3) is 3.56. The van der Waals surface area contributed by atoms with E-state index in [1.165, 1.54) is 6.92 Å². The number of hydrogen-bond acceptors (Lipinski definition) is 4. The fourth-order valence-electron chi connectivity index (χ4n) is 1.28. The number of nitrogens with zero attached hydrogens (tertiary/aromatic N) is 2. The molecule has 0 amide bonds. The summed E-state index contributed by atoms with van der Waals surface area (Å²) in [5.74, 6) is -1.12. The van der Waals surface area contributed by atoms with Crippen LogP contribution in [0.1, 0.15) is 6.92 Å². The Labute approximate surface area is 95.8 Å². The Morgan fingerprint density at radius 2 is 2.24 bits per heavy atom. The number of nitro groups is 1. The molecule has 0 atom stereocenters. The summed E-state index contributed by atoms with van der Waals surface area (Å²) >= 11 is 0. The number of allylic oxidation sites excluding steroid dienone is 1. The summed E-state index contributed by atoms with van der Waals surface area (Å²) in [6.45, 7) is 1.53. The number of carbonyl (C=O) groups is 1. The van der Waals surface area contributed by atoms with Crippen LogP contribution in [0, 0.1) is 10.1 Å². The number of aromatic nitrogens is 1. The molecule has 0 bridgehead atoms. The van der Waals surface area contributed by atoms with Crippen molar-refractivity contribution in [3.63, 3.8) is 0 Å². The first kappa shape index (κ1) is 12.6. The van der Waals surface area contributed by atoms with E-state index in [0.29, 0.717) is 5.57 Å². The smallest absolute Gasteiger partial charge is 0.328 e. The van der Waals surface area contributed by atoms with E-state index < -0.39 is 16.5 Å². The van der Waals surface area contributed by atoms with Gasteiger partial charge in [-0.25, -0.2) is 4.79 Å². The van der Waals surface area contributed by atoms with Gasteiger partial charge in [0, 0.05) is 24.8 Å². The summed E-state index contributed by atoms with van der Waals surface area (Å²) in [6.07, 6.45) is 2.03. The van der Waals surface area contributed by atoms with Gasteiger partial charge in [-0.2, -0.15) is 0 Å². The standard InChI is InChI=1S/C10H10N2O5/c1-7(4-10(14)15)5-11-6-8(12(16)17)2-3-9(11)13/h2-4,6H,5H2,1H3,(H,14,15). The van der Waals surface area contributed by atoms with Crippen molar-refractivity contribution in [3.8, 4) is 0 Å². The minimum Gasteiger partial charge on any atom is -0.478 e. The van der Waals surface area contributed by atoms with Crippen LogP contribution in [0.5, 0.6) is 0 Å². The Hall–Kier alpha value is -2.44. The second-order valence-corrected chi connectivity index (χ2v) is 3.44. The van der Waals surface area contributed by atoms with E-state index >= 15 is 0 Å². The van der Waals surface area contributed by atoms with Crippen LogP contribution in [0.4, 0.5) is 5.69 Å². The molecule has 7 nitrogen and oxygen atoms in total. The minimum atomic E-state index is -1.12. The van der Waals surface area contributed by atoms with E-state index in [1.807, 2.05) is 0 Å². The molecule has 1 aromatic rings. The van der Waals surface area contributed by atoms with Crippen LogP contribution >= 0.6 is 0 Å². The zero-order chi connectivity index (χ0) is 13.0. The quantitative estimate of drug-likeness (QED) is 0.474. The molecule has 90 valence electrons. The molecule has 7 heteroatoms. The molecular weight excluding hydrogens is 228 g/mol. The van der Waals surface area contributed by atoms with Crippen LogP contribution in [0.3, 0.4) is 0 Å². The molecule has 0 spiro atoms. The number of pyridine rings is 1. The lowest BCUT2D eigenvalue weighted by Gasteiger charge is -2.04. The highest BCUT2D eigenvalue weighted by Gasteiger charge is 2.08. The maximum absolute atomic E-state index is 11.4. The minimum absolute atomic E-state index is 0.00676. The number of carboxylic acid groups (broad SMARTS) is 1. The van der Waals surface area contributed by atoms with Crippen molar-refractivity contribution in [2.45, 2.75) is 13.5 Å². The van der Waals surface area contributed by atoms with Gasteiger partial charge in [0.25, 0.3) is 11.2 Å². The largest absolute Gasteiger partial charge is 0.478 e. The first-order valence-electron chi connectivity index (χ1n) is 4.65. The lowest BCUT2D eigenvalue weighted by molar-refractivity contribution is -0.385. The third-order valence-corrected chi connectivity index (χ3v) is 1.97. The van der Waals surface area contributed by atoms with Crippen LogP contribution in [0.2, 0.25) is 0 Å². The third-order valence-electron chi connectivity index (χ3n) is 1.97. The molecule has 17 heavy (non-hydrogen) atoms. The van der Waals surface area contributed by atoms with Crippen LogP contribution < -0.4 is 5.56 Å². The summed E-state index contributed by atoms with van der Waals surface area (Å²) in [6, 6.07) is 2.18. The van der Waals surface area contributed by atoms with Gasteiger partial charge in [0.05, 0.1) is 11.1 Å². The van der Waals surface area contributed by atoms with Crippen molar-refractivity contribution in [3.05, 3.63) is 50.4 Å². The van der Waals surface area contributed by atoms with Crippen molar-refractivity contribution in [1.82, 2.24) is 4.57 Å². The van der Waals surface area contributed by atoms with E-state index in [9.17, 15) is 19.7 Å². The predicted octanol–water partition coefficient (Wildman–Crippen LogP) is 0.787. The maximum Gasteiger partial charge on any atom is 0.328 e. The lowest BCUT2D eigenvalue weighted by atomic mass is 10.2. The molecule has 0 saturated heterocycles.